The molecular formula is C28H24O. The second-order valence-corrected chi connectivity index (χ2v) is 8.23. The Morgan fingerprint density at radius 2 is 1.59 bits per heavy atom. The van der Waals surface area contributed by atoms with Gasteiger partial charge in [0.15, 0.2) is 0 Å². The van der Waals surface area contributed by atoms with Crippen LogP contribution in [0.25, 0.3) is 38.6 Å². The van der Waals surface area contributed by atoms with Crippen LogP contribution in [0.1, 0.15) is 31.9 Å². The predicted octanol–water partition coefficient (Wildman–Crippen LogP) is 8.06. The first kappa shape index (κ1) is 17.8. The van der Waals surface area contributed by atoms with Gasteiger partial charge in [-0.05, 0) is 64.6 Å². The number of allylic oxidation sites excluding steroid dienone is 5. The average molecular weight is 376 g/mol. The molecule has 4 aromatic rings. The van der Waals surface area contributed by atoms with Gasteiger partial charge in [-0.15, -0.1) is 0 Å². The van der Waals surface area contributed by atoms with Crippen molar-refractivity contribution in [3.05, 3.63) is 102 Å². The molecule has 3 aromatic carbocycles. The van der Waals surface area contributed by atoms with Gasteiger partial charge in [-0.1, -0.05) is 75.1 Å². The number of furan rings is 1. The monoisotopic (exact) mass is 376 g/mol. The molecule has 5 rings (SSSR count). The lowest BCUT2D eigenvalue weighted by Crippen LogP contribution is -2.16. The SMILES string of the molecule is C=CC1=C(/C=C\C)c2ccc(-c3ccc4oc5ccccc5c4c3)cc2C1(C)C. The summed E-state index contributed by atoms with van der Waals surface area (Å²) in [5, 5.41) is 2.33. The molecule has 0 saturated heterocycles. The lowest BCUT2D eigenvalue weighted by Gasteiger charge is -2.23. The Balaban J connectivity index is 1.69. The zero-order valence-corrected chi connectivity index (χ0v) is 17.1. The summed E-state index contributed by atoms with van der Waals surface area (Å²) in [5.74, 6) is 0. The summed E-state index contributed by atoms with van der Waals surface area (Å²) < 4.78 is 5.99. The van der Waals surface area contributed by atoms with Crippen LogP contribution in [0.15, 0.2) is 95.5 Å². The molecule has 0 fully saturated rings. The van der Waals surface area contributed by atoms with Gasteiger partial charge in [0.1, 0.15) is 11.2 Å². The summed E-state index contributed by atoms with van der Waals surface area (Å²) in [6.45, 7) is 10.7. The molecule has 1 aromatic heterocycles. The topological polar surface area (TPSA) is 13.1 Å². The summed E-state index contributed by atoms with van der Waals surface area (Å²) in [6.07, 6.45) is 6.32. The van der Waals surface area contributed by atoms with E-state index in [2.05, 4.69) is 88.0 Å². The highest BCUT2D eigenvalue weighted by molar-refractivity contribution is 6.06. The summed E-state index contributed by atoms with van der Waals surface area (Å²) in [6, 6.07) is 21.6. The summed E-state index contributed by atoms with van der Waals surface area (Å²) in [4.78, 5) is 0. The van der Waals surface area contributed by atoms with Crippen molar-refractivity contribution < 1.29 is 4.42 Å². The number of fused-ring (bicyclic) bond motifs is 4. The van der Waals surface area contributed by atoms with Crippen molar-refractivity contribution in [3.63, 3.8) is 0 Å². The quantitative estimate of drug-likeness (QED) is 0.352. The maximum Gasteiger partial charge on any atom is 0.135 e. The highest BCUT2D eigenvalue weighted by atomic mass is 16.3. The van der Waals surface area contributed by atoms with Crippen LogP contribution >= 0.6 is 0 Å². The van der Waals surface area contributed by atoms with E-state index in [9.17, 15) is 0 Å². The number of hydrogen-bond donors (Lipinski definition) is 0. The smallest absolute Gasteiger partial charge is 0.135 e. The number of rotatable bonds is 3. The molecule has 0 N–H and O–H groups in total. The third kappa shape index (κ3) is 2.54. The molecule has 0 radical (unpaired) electrons. The Bertz CT molecular complexity index is 1340. The Morgan fingerprint density at radius 3 is 2.38 bits per heavy atom. The number of hydrogen-bond acceptors (Lipinski definition) is 1. The number of benzene rings is 3. The van der Waals surface area contributed by atoms with E-state index in [1.54, 1.807) is 0 Å². The van der Waals surface area contributed by atoms with Gasteiger partial charge in [0.2, 0.25) is 0 Å². The molecule has 0 aliphatic heterocycles. The van der Waals surface area contributed by atoms with Crippen LogP contribution in [-0.4, -0.2) is 0 Å². The molecule has 0 amide bonds. The van der Waals surface area contributed by atoms with E-state index >= 15 is 0 Å². The fourth-order valence-corrected chi connectivity index (χ4v) is 4.72. The van der Waals surface area contributed by atoms with Gasteiger partial charge >= 0.3 is 0 Å². The van der Waals surface area contributed by atoms with Crippen LogP contribution in [0.4, 0.5) is 0 Å². The Labute approximate surface area is 171 Å². The first-order chi connectivity index (χ1) is 14.0. The van der Waals surface area contributed by atoms with Crippen molar-refractivity contribution in [1.82, 2.24) is 0 Å². The van der Waals surface area contributed by atoms with Crippen LogP contribution in [-0.2, 0) is 5.41 Å². The van der Waals surface area contributed by atoms with E-state index in [0.29, 0.717) is 0 Å². The maximum absolute atomic E-state index is 5.99. The van der Waals surface area contributed by atoms with E-state index < -0.39 is 0 Å². The molecule has 29 heavy (non-hydrogen) atoms. The van der Waals surface area contributed by atoms with E-state index in [1.165, 1.54) is 33.4 Å². The Kier molecular flexibility index (Phi) is 3.89. The normalized spacial score (nSPS) is 15.6. The third-order valence-corrected chi connectivity index (χ3v) is 6.19. The van der Waals surface area contributed by atoms with Gasteiger partial charge in [-0.3, -0.25) is 0 Å². The fourth-order valence-electron chi connectivity index (χ4n) is 4.72. The molecule has 0 bridgehead atoms. The van der Waals surface area contributed by atoms with Crippen LogP contribution in [0.5, 0.6) is 0 Å². The molecule has 0 spiro atoms. The zero-order valence-electron chi connectivity index (χ0n) is 17.1. The lowest BCUT2D eigenvalue weighted by atomic mass is 9.80. The molecule has 0 atom stereocenters. The third-order valence-electron chi connectivity index (χ3n) is 6.19. The Hall–Kier alpha value is -3.32. The van der Waals surface area contributed by atoms with Crippen LogP contribution < -0.4 is 0 Å². The van der Waals surface area contributed by atoms with Gasteiger partial charge in [0.25, 0.3) is 0 Å². The molecule has 1 heterocycles. The molecular weight excluding hydrogens is 352 g/mol. The maximum atomic E-state index is 5.99. The second-order valence-electron chi connectivity index (χ2n) is 8.23. The van der Waals surface area contributed by atoms with Gasteiger partial charge < -0.3 is 4.42 Å². The summed E-state index contributed by atoms with van der Waals surface area (Å²) in [5.41, 5.74) is 9.49. The zero-order chi connectivity index (χ0) is 20.2. The van der Waals surface area contributed by atoms with Gasteiger partial charge in [-0.25, -0.2) is 0 Å². The highest BCUT2D eigenvalue weighted by Gasteiger charge is 2.35. The summed E-state index contributed by atoms with van der Waals surface area (Å²) >= 11 is 0. The van der Waals surface area contributed by atoms with Crippen molar-refractivity contribution >= 4 is 27.5 Å². The predicted molar refractivity (Wildman–Crippen MR) is 124 cm³/mol. The second kappa shape index (κ2) is 6.35. The molecule has 1 heteroatoms. The van der Waals surface area contributed by atoms with Crippen molar-refractivity contribution in [2.75, 3.05) is 0 Å². The Morgan fingerprint density at radius 1 is 0.862 bits per heavy atom. The molecule has 0 unspecified atom stereocenters. The van der Waals surface area contributed by atoms with Gasteiger partial charge in [0, 0.05) is 16.2 Å². The van der Waals surface area contributed by atoms with Crippen LogP contribution in [0.3, 0.4) is 0 Å². The largest absolute Gasteiger partial charge is 0.456 e. The lowest BCUT2D eigenvalue weighted by molar-refractivity contribution is 0.655. The first-order valence-electron chi connectivity index (χ1n) is 10.1. The van der Waals surface area contributed by atoms with Crippen molar-refractivity contribution in [1.29, 1.82) is 0 Å². The highest BCUT2D eigenvalue weighted by Crippen LogP contribution is 2.48. The molecule has 1 aliphatic rings. The van der Waals surface area contributed by atoms with Gasteiger partial charge in [0.05, 0.1) is 0 Å². The molecule has 1 nitrogen and oxygen atoms in total. The standard InChI is InChI=1S/C28H24O/c1-5-9-20-21-14-12-19(17-25(21)28(3,4)24(20)6-2)18-13-15-27-23(16-18)22-10-7-8-11-26(22)29-27/h5-17H,2H2,1,3-4H3/b9-5-. The summed E-state index contributed by atoms with van der Waals surface area (Å²) in [7, 11) is 0. The minimum atomic E-state index is -0.0611. The van der Waals surface area contributed by atoms with E-state index in [1.807, 2.05) is 18.2 Å². The van der Waals surface area contributed by atoms with Crippen molar-refractivity contribution in [3.8, 4) is 11.1 Å². The van der Waals surface area contributed by atoms with E-state index in [0.717, 1.165) is 21.9 Å². The molecule has 0 saturated carbocycles. The van der Waals surface area contributed by atoms with E-state index in [-0.39, 0.29) is 5.41 Å². The fraction of sp³-hybridized carbons (Fsp3) is 0.143. The minimum absolute atomic E-state index is 0.0611. The van der Waals surface area contributed by atoms with Crippen LogP contribution in [0, 0.1) is 0 Å². The van der Waals surface area contributed by atoms with Crippen LogP contribution in [0.2, 0.25) is 0 Å². The first-order valence-corrected chi connectivity index (χ1v) is 10.1. The van der Waals surface area contributed by atoms with Crippen molar-refractivity contribution in [2.45, 2.75) is 26.2 Å². The number of para-hydroxylation sites is 1. The minimum Gasteiger partial charge on any atom is -0.456 e. The molecule has 142 valence electrons. The average Bonchev–Trinajstić information content (AvgIpc) is 3.20. The van der Waals surface area contributed by atoms with Crippen molar-refractivity contribution in [2.24, 2.45) is 0 Å². The molecule has 1 aliphatic carbocycles. The van der Waals surface area contributed by atoms with Gasteiger partial charge in [-0.2, -0.15) is 0 Å². The van der Waals surface area contributed by atoms with E-state index in [4.69, 9.17) is 4.42 Å².